The van der Waals surface area contributed by atoms with Gasteiger partial charge in [0.05, 0.1) is 18.4 Å². The van der Waals surface area contributed by atoms with Crippen molar-refractivity contribution in [3.8, 4) is 17.1 Å². The van der Waals surface area contributed by atoms with Crippen LogP contribution in [0.25, 0.3) is 16.9 Å². The third-order valence-electron chi connectivity index (χ3n) is 3.42. The summed E-state index contributed by atoms with van der Waals surface area (Å²) in [6, 6.07) is 4.00. The SMILES string of the molecule is COc1c(-c2nc3cc(C)ccn3c2N)c(C)nn1C. The second kappa shape index (κ2) is 4.26. The van der Waals surface area contributed by atoms with E-state index in [1.54, 1.807) is 11.8 Å². The molecule has 0 aliphatic carbocycles. The molecule has 3 aromatic heterocycles. The number of aryl methyl sites for hydroxylation is 3. The average molecular weight is 271 g/mol. The van der Waals surface area contributed by atoms with E-state index in [4.69, 9.17) is 10.5 Å². The molecule has 6 heteroatoms. The highest BCUT2D eigenvalue weighted by atomic mass is 16.5. The van der Waals surface area contributed by atoms with Crippen LogP contribution in [0.15, 0.2) is 18.3 Å². The van der Waals surface area contributed by atoms with Crippen LogP contribution >= 0.6 is 0 Å². The predicted molar refractivity (Wildman–Crippen MR) is 77.8 cm³/mol. The van der Waals surface area contributed by atoms with Crippen LogP contribution in [-0.4, -0.2) is 26.3 Å². The maximum atomic E-state index is 6.23. The maximum absolute atomic E-state index is 6.23. The van der Waals surface area contributed by atoms with Crippen molar-refractivity contribution in [3.63, 3.8) is 0 Å². The molecule has 2 N–H and O–H groups in total. The molecule has 20 heavy (non-hydrogen) atoms. The summed E-state index contributed by atoms with van der Waals surface area (Å²) in [5.74, 6) is 1.25. The van der Waals surface area contributed by atoms with Crippen molar-refractivity contribution in [1.82, 2.24) is 19.2 Å². The maximum Gasteiger partial charge on any atom is 0.221 e. The number of aromatic nitrogens is 4. The minimum Gasteiger partial charge on any atom is -0.481 e. The van der Waals surface area contributed by atoms with Gasteiger partial charge < -0.3 is 10.5 Å². The largest absolute Gasteiger partial charge is 0.481 e. The lowest BCUT2D eigenvalue weighted by atomic mass is 10.2. The molecular formula is C14H17N5O. The van der Waals surface area contributed by atoms with Gasteiger partial charge in [-0.05, 0) is 31.5 Å². The monoisotopic (exact) mass is 271 g/mol. The number of rotatable bonds is 2. The van der Waals surface area contributed by atoms with Crippen LogP contribution in [0.2, 0.25) is 0 Å². The molecule has 0 radical (unpaired) electrons. The summed E-state index contributed by atoms with van der Waals surface area (Å²) in [6.45, 7) is 3.95. The van der Waals surface area contributed by atoms with E-state index in [1.165, 1.54) is 0 Å². The van der Waals surface area contributed by atoms with E-state index in [1.807, 2.05) is 43.6 Å². The van der Waals surface area contributed by atoms with Gasteiger partial charge in [-0.1, -0.05) is 0 Å². The highest BCUT2D eigenvalue weighted by molar-refractivity contribution is 5.79. The van der Waals surface area contributed by atoms with E-state index >= 15 is 0 Å². The van der Waals surface area contributed by atoms with Crippen molar-refractivity contribution in [2.75, 3.05) is 12.8 Å². The summed E-state index contributed by atoms with van der Waals surface area (Å²) in [4.78, 5) is 4.63. The standard InChI is InChI=1S/C14H17N5O/c1-8-5-6-19-10(7-8)16-12(13(19)15)11-9(2)17-18(3)14(11)20-4/h5-7H,15H2,1-4H3. The zero-order chi connectivity index (χ0) is 14.4. The Labute approximate surface area is 116 Å². The molecule has 0 aromatic carbocycles. The van der Waals surface area contributed by atoms with Crippen molar-refractivity contribution in [3.05, 3.63) is 29.6 Å². The molecule has 104 valence electrons. The molecule has 6 nitrogen and oxygen atoms in total. The Bertz CT molecular complexity index is 800. The van der Waals surface area contributed by atoms with Gasteiger partial charge in [-0.3, -0.25) is 4.40 Å². The van der Waals surface area contributed by atoms with Gasteiger partial charge in [-0.25, -0.2) is 9.67 Å². The fraction of sp³-hybridized carbons (Fsp3) is 0.286. The van der Waals surface area contributed by atoms with Gasteiger partial charge in [0.1, 0.15) is 17.2 Å². The zero-order valence-corrected chi connectivity index (χ0v) is 12.0. The van der Waals surface area contributed by atoms with E-state index in [0.717, 1.165) is 22.5 Å². The molecule has 0 fully saturated rings. The van der Waals surface area contributed by atoms with Gasteiger partial charge in [-0.2, -0.15) is 5.10 Å². The van der Waals surface area contributed by atoms with Crippen LogP contribution in [0, 0.1) is 13.8 Å². The summed E-state index contributed by atoms with van der Waals surface area (Å²) in [5.41, 5.74) is 10.6. The second-order valence-corrected chi connectivity index (χ2v) is 4.87. The number of imidazole rings is 1. The summed E-state index contributed by atoms with van der Waals surface area (Å²) >= 11 is 0. The van der Waals surface area contributed by atoms with Crippen LogP contribution in [0.3, 0.4) is 0 Å². The van der Waals surface area contributed by atoms with Crippen molar-refractivity contribution in [2.24, 2.45) is 7.05 Å². The molecule has 3 rings (SSSR count). The third-order valence-corrected chi connectivity index (χ3v) is 3.42. The van der Waals surface area contributed by atoms with Crippen LogP contribution in [0.4, 0.5) is 5.82 Å². The van der Waals surface area contributed by atoms with Crippen molar-refractivity contribution in [2.45, 2.75) is 13.8 Å². The van der Waals surface area contributed by atoms with E-state index < -0.39 is 0 Å². The number of methoxy groups -OCH3 is 1. The number of anilines is 1. The first kappa shape index (κ1) is 12.5. The lowest BCUT2D eigenvalue weighted by Crippen LogP contribution is -1.97. The van der Waals surface area contributed by atoms with Crippen molar-refractivity contribution < 1.29 is 4.74 Å². The minimum absolute atomic E-state index is 0.592. The van der Waals surface area contributed by atoms with E-state index in [-0.39, 0.29) is 0 Å². The zero-order valence-electron chi connectivity index (χ0n) is 12.0. The highest BCUT2D eigenvalue weighted by Crippen LogP contribution is 2.35. The van der Waals surface area contributed by atoms with Crippen LogP contribution < -0.4 is 10.5 Å². The Hall–Kier alpha value is -2.50. The first-order valence-corrected chi connectivity index (χ1v) is 6.35. The molecule has 0 spiro atoms. The van der Waals surface area contributed by atoms with E-state index in [0.29, 0.717) is 17.4 Å². The van der Waals surface area contributed by atoms with Crippen molar-refractivity contribution in [1.29, 1.82) is 0 Å². The van der Waals surface area contributed by atoms with Gasteiger partial charge in [0.2, 0.25) is 5.88 Å². The number of fused-ring (bicyclic) bond motifs is 1. The molecule has 0 bridgehead atoms. The molecule has 0 saturated carbocycles. The lowest BCUT2D eigenvalue weighted by Gasteiger charge is -2.03. The number of nitrogens with two attached hydrogens (primary N) is 1. The molecular weight excluding hydrogens is 254 g/mol. The quantitative estimate of drug-likeness (QED) is 0.773. The summed E-state index contributed by atoms with van der Waals surface area (Å²) < 4.78 is 8.98. The number of hydrogen-bond donors (Lipinski definition) is 1. The average Bonchev–Trinajstić information content (AvgIpc) is 2.86. The van der Waals surface area contributed by atoms with Gasteiger partial charge in [0.15, 0.2) is 0 Å². The van der Waals surface area contributed by atoms with Gasteiger partial charge in [0.25, 0.3) is 0 Å². The number of pyridine rings is 1. The van der Waals surface area contributed by atoms with Crippen molar-refractivity contribution >= 4 is 11.5 Å². The number of nitrogen functional groups attached to an aromatic ring is 1. The van der Waals surface area contributed by atoms with Crippen LogP contribution in [0.5, 0.6) is 5.88 Å². The first-order chi connectivity index (χ1) is 9.52. The lowest BCUT2D eigenvalue weighted by molar-refractivity contribution is 0.374. The molecule has 0 atom stereocenters. The number of hydrogen-bond acceptors (Lipinski definition) is 4. The van der Waals surface area contributed by atoms with Crippen LogP contribution in [0.1, 0.15) is 11.3 Å². The van der Waals surface area contributed by atoms with Crippen LogP contribution in [-0.2, 0) is 7.05 Å². The summed E-state index contributed by atoms with van der Waals surface area (Å²) in [7, 11) is 3.46. The second-order valence-electron chi connectivity index (χ2n) is 4.87. The molecule has 0 aliphatic heterocycles. The van der Waals surface area contributed by atoms with E-state index in [2.05, 4.69) is 10.1 Å². The van der Waals surface area contributed by atoms with E-state index in [9.17, 15) is 0 Å². The molecule has 0 unspecified atom stereocenters. The molecule has 3 aromatic rings. The number of ether oxygens (including phenoxy) is 1. The Morgan fingerprint density at radius 2 is 2.05 bits per heavy atom. The fourth-order valence-electron chi connectivity index (χ4n) is 2.49. The summed E-state index contributed by atoms with van der Waals surface area (Å²) in [6.07, 6.45) is 1.93. The molecule has 3 heterocycles. The van der Waals surface area contributed by atoms with Gasteiger partial charge >= 0.3 is 0 Å². The Balaban J connectivity index is 2.32. The fourth-order valence-corrected chi connectivity index (χ4v) is 2.49. The Morgan fingerprint density at radius 3 is 2.75 bits per heavy atom. The topological polar surface area (TPSA) is 70.4 Å². The predicted octanol–water partition coefficient (Wildman–Crippen LogP) is 1.94. The minimum atomic E-state index is 0.592. The smallest absolute Gasteiger partial charge is 0.221 e. The highest BCUT2D eigenvalue weighted by Gasteiger charge is 2.22. The summed E-state index contributed by atoms with van der Waals surface area (Å²) in [5, 5.41) is 4.37. The first-order valence-electron chi connectivity index (χ1n) is 6.35. The Kier molecular flexibility index (Phi) is 2.67. The third kappa shape index (κ3) is 1.65. The molecule has 0 saturated heterocycles. The van der Waals surface area contributed by atoms with Gasteiger partial charge in [0, 0.05) is 13.2 Å². The normalized spacial score (nSPS) is 11.2. The molecule has 0 aliphatic rings. The Morgan fingerprint density at radius 1 is 1.30 bits per heavy atom. The molecule has 0 amide bonds. The van der Waals surface area contributed by atoms with Gasteiger partial charge in [-0.15, -0.1) is 0 Å². The number of nitrogens with zero attached hydrogens (tertiary/aromatic N) is 4.